The molecule has 3 aromatic heterocycles. The number of hydrogen-bond donors (Lipinski definition) is 4. The predicted molar refractivity (Wildman–Crippen MR) is 158 cm³/mol. The van der Waals surface area contributed by atoms with Crippen molar-refractivity contribution >= 4 is 45.3 Å². The second kappa shape index (κ2) is 11.7. The molecule has 15 heteroatoms. The van der Waals surface area contributed by atoms with Gasteiger partial charge in [-0.05, 0) is 44.1 Å². The van der Waals surface area contributed by atoms with Crippen LogP contribution >= 0.6 is 0 Å². The molecule has 6 N–H and O–H groups in total. The van der Waals surface area contributed by atoms with Gasteiger partial charge in [0.25, 0.3) is 17.6 Å². The van der Waals surface area contributed by atoms with E-state index >= 15 is 0 Å². The third-order valence-electron chi connectivity index (χ3n) is 7.12. The molecule has 0 aliphatic carbocycles. The molecule has 6 rings (SSSR count). The van der Waals surface area contributed by atoms with E-state index in [9.17, 15) is 14.9 Å². The fraction of sp³-hybridized carbons (Fsp3) is 0.250. The summed E-state index contributed by atoms with van der Waals surface area (Å²) in [5.74, 6) is -0.907. The van der Waals surface area contributed by atoms with Crippen molar-refractivity contribution in [1.29, 1.82) is 0 Å². The molecular formula is C28H29N9O6. The quantitative estimate of drug-likeness (QED) is 0.167. The molecule has 2 aromatic carbocycles. The lowest BCUT2D eigenvalue weighted by Crippen LogP contribution is -2.30. The van der Waals surface area contributed by atoms with Gasteiger partial charge in [-0.25, -0.2) is 14.6 Å². The van der Waals surface area contributed by atoms with Crippen molar-refractivity contribution in [3.8, 4) is 22.7 Å². The van der Waals surface area contributed by atoms with E-state index in [0.717, 1.165) is 32.9 Å². The predicted octanol–water partition coefficient (Wildman–Crippen LogP) is 3.05. The Kier molecular flexibility index (Phi) is 7.90. The summed E-state index contributed by atoms with van der Waals surface area (Å²) in [6.45, 7) is 2.84. The van der Waals surface area contributed by atoms with Gasteiger partial charge in [-0.2, -0.15) is 5.10 Å². The van der Waals surface area contributed by atoms with Crippen LogP contribution in [0.25, 0.3) is 38.9 Å². The molecule has 0 unspecified atom stereocenters. The molecular weight excluding hydrogens is 558 g/mol. The Balaban J connectivity index is 0.000000868. The third-order valence-corrected chi connectivity index (χ3v) is 7.12. The summed E-state index contributed by atoms with van der Waals surface area (Å²) >= 11 is 0. The standard InChI is InChI=1S/C26H25N9O4.C2H4O2/c1-39-20-12-14(22-21-24(27)30-13-31-26(21)34(32-22)16-7-9-29-10-8-16)5-6-17(20)33-19(25(28)36)11-15-3-2-4-18(23(15)33)35(37)38;1-2(3)4/h2-6,11-13,16,29H,7-10H2,1H3,(H2,28,36)(H2,27,30,31);1H3,(H,3,4). The Hall–Kier alpha value is -5.57. The number of non-ortho nitro benzene ring substituents is 1. The summed E-state index contributed by atoms with van der Waals surface area (Å²) in [7, 11) is 1.48. The van der Waals surface area contributed by atoms with Gasteiger partial charge in [-0.15, -0.1) is 0 Å². The van der Waals surface area contributed by atoms with Crippen molar-refractivity contribution in [3.63, 3.8) is 0 Å². The van der Waals surface area contributed by atoms with Crippen LogP contribution in [0.5, 0.6) is 5.75 Å². The Bertz CT molecular complexity index is 1870. The van der Waals surface area contributed by atoms with Gasteiger partial charge in [0, 0.05) is 23.9 Å². The zero-order valence-electron chi connectivity index (χ0n) is 23.4. The lowest BCUT2D eigenvalue weighted by molar-refractivity contribution is -0.383. The van der Waals surface area contributed by atoms with Crippen LogP contribution in [0, 0.1) is 10.1 Å². The van der Waals surface area contributed by atoms with E-state index in [1.807, 2.05) is 4.68 Å². The molecule has 1 amide bonds. The first-order valence-corrected chi connectivity index (χ1v) is 13.3. The maximum absolute atomic E-state index is 12.4. The van der Waals surface area contributed by atoms with E-state index in [0.29, 0.717) is 44.9 Å². The summed E-state index contributed by atoms with van der Waals surface area (Å²) < 4.78 is 9.11. The fourth-order valence-corrected chi connectivity index (χ4v) is 5.33. The molecule has 0 atom stereocenters. The third kappa shape index (κ3) is 5.40. The first-order chi connectivity index (χ1) is 20.6. The van der Waals surface area contributed by atoms with Crippen molar-refractivity contribution in [1.82, 2.24) is 29.6 Å². The van der Waals surface area contributed by atoms with Gasteiger partial charge in [-0.3, -0.25) is 24.3 Å². The van der Waals surface area contributed by atoms with Gasteiger partial charge < -0.3 is 26.6 Å². The summed E-state index contributed by atoms with van der Waals surface area (Å²) in [6.07, 6.45) is 3.23. The number of ether oxygens (including phenoxy) is 1. The number of nitrogens with zero attached hydrogens (tertiary/aromatic N) is 6. The van der Waals surface area contributed by atoms with Crippen LogP contribution in [0.4, 0.5) is 11.5 Å². The number of carboxylic acid groups (broad SMARTS) is 1. The summed E-state index contributed by atoms with van der Waals surface area (Å²) in [5.41, 5.74) is 14.5. The molecule has 43 heavy (non-hydrogen) atoms. The molecule has 4 heterocycles. The molecule has 5 aromatic rings. The molecule has 0 spiro atoms. The van der Waals surface area contributed by atoms with Gasteiger partial charge in [0.2, 0.25) is 0 Å². The number of primary amides is 1. The minimum Gasteiger partial charge on any atom is -0.495 e. The number of fused-ring (bicyclic) bond motifs is 2. The fourth-order valence-electron chi connectivity index (χ4n) is 5.33. The number of hydrogen-bond acceptors (Lipinski definition) is 10. The van der Waals surface area contributed by atoms with Crippen molar-refractivity contribution in [2.24, 2.45) is 5.73 Å². The maximum atomic E-state index is 12.4. The largest absolute Gasteiger partial charge is 0.495 e. The van der Waals surface area contributed by atoms with E-state index in [4.69, 9.17) is 31.2 Å². The van der Waals surface area contributed by atoms with E-state index in [2.05, 4.69) is 15.3 Å². The summed E-state index contributed by atoms with van der Waals surface area (Å²) in [4.78, 5) is 41.5. The number of anilines is 1. The van der Waals surface area contributed by atoms with Crippen molar-refractivity contribution < 1.29 is 24.4 Å². The maximum Gasteiger partial charge on any atom is 0.300 e. The number of nitro benzene ring substituents is 1. The van der Waals surface area contributed by atoms with Crippen molar-refractivity contribution in [2.75, 3.05) is 25.9 Å². The highest BCUT2D eigenvalue weighted by Crippen LogP contribution is 2.39. The molecule has 0 saturated carbocycles. The molecule has 0 radical (unpaired) electrons. The number of carbonyl (C=O) groups excluding carboxylic acids is 1. The van der Waals surface area contributed by atoms with Crippen molar-refractivity contribution in [2.45, 2.75) is 25.8 Å². The number of carbonyl (C=O) groups is 2. The van der Waals surface area contributed by atoms with Crippen LogP contribution in [-0.4, -0.2) is 66.4 Å². The molecule has 0 bridgehead atoms. The van der Waals surface area contributed by atoms with E-state index in [1.54, 1.807) is 30.3 Å². The molecule has 1 fully saturated rings. The van der Waals surface area contributed by atoms with E-state index < -0.39 is 16.8 Å². The van der Waals surface area contributed by atoms with Crippen LogP contribution in [0.2, 0.25) is 0 Å². The summed E-state index contributed by atoms with van der Waals surface area (Å²) in [6, 6.07) is 11.6. The highest BCUT2D eigenvalue weighted by Gasteiger charge is 2.27. The lowest BCUT2D eigenvalue weighted by Gasteiger charge is -2.23. The number of amides is 1. The normalized spacial score (nSPS) is 13.4. The minimum atomic E-state index is -0.833. The Morgan fingerprint density at radius 3 is 2.53 bits per heavy atom. The number of nitrogen functional groups attached to an aromatic ring is 1. The van der Waals surface area contributed by atoms with E-state index in [-0.39, 0.29) is 22.9 Å². The highest BCUT2D eigenvalue weighted by molar-refractivity contribution is 6.02. The van der Waals surface area contributed by atoms with Crippen LogP contribution in [0.3, 0.4) is 0 Å². The second-order valence-electron chi connectivity index (χ2n) is 9.84. The van der Waals surface area contributed by atoms with Gasteiger partial charge in [0.05, 0.1) is 29.1 Å². The number of aliphatic carboxylic acids is 1. The number of aromatic nitrogens is 5. The van der Waals surface area contributed by atoms with Crippen molar-refractivity contribution in [3.05, 3.63) is 64.6 Å². The van der Waals surface area contributed by atoms with Crippen LogP contribution in [0.1, 0.15) is 36.3 Å². The van der Waals surface area contributed by atoms with Crippen LogP contribution < -0.4 is 21.5 Å². The second-order valence-corrected chi connectivity index (χ2v) is 9.84. The zero-order chi connectivity index (χ0) is 30.8. The number of benzene rings is 2. The number of methoxy groups -OCH3 is 1. The van der Waals surface area contributed by atoms with Crippen LogP contribution in [-0.2, 0) is 4.79 Å². The summed E-state index contributed by atoms with van der Waals surface area (Å²) in [5, 5.41) is 28.7. The number of nitrogens with one attached hydrogen (secondary N) is 1. The molecule has 1 saturated heterocycles. The number of nitro groups is 1. The van der Waals surface area contributed by atoms with Gasteiger partial charge >= 0.3 is 0 Å². The number of piperidine rings is 1. The highest BCUT2D eigenvalue weighted by atomic mass is 16.6. The molecule has 15 nitrogen and oxygen atoms in total. The van der Waals surface area contributed by atoms with Gasteiger partial charge in [-0.1, -0.05) is 18.2 Å². The number of para-hydroxylation sites is 1. The number of nitrogens with two attached hydrogens (primary N) is 2. The molecule has 222 valence electrons. The zero-order valence-corrected chi connectivity index (χ0v) is 23.4. The van der Waals surface area contributed by atoms with E-state index in [1.165, 1.54) is 30.1 Å². The number of rotatable bonds is 6. The molecule has 1 aliphatic rings. The Labute approximate surface area is 244 Å². The van der Waals surface area contributed by atoms with Crippen LogP contribution in [0.15, 0.2) is 48.8 Å². The Morgan fingerprint density at radius 1 is 1.16 bits per heavy atom. The topological polar surface area (TPSA) is 219 Å². The average molecular weight is 588 g/mol. The smallest absolute Gasteiger partial charge is 0.300 e. The van der Waals surface area contributed by atoms with Gasteiger partial charge in [0.1, 0.15) is 34.8 Å². The SMILES string of the molecule is CC(=O)O.COc1cc(-c2nn(C3CCNCC3)c3ncnc(N)c23)ccc1-n1c(C(N)=O)cc2cccc([N+](=O)[O-])c21. The molecule has 1 aliphatic heterocycles. The average Bonchev–Trinajstić information content (AvgIpc) is 3.57. The first kappa shape index (κ1) is 28.9. The lowest BCUT2D eigenvalue weighted by atomic mass is 10.1. The monoisotopic (exact) mass is 587 g/mol. The number of carboxylic acids is 1. The Morgan fingerprint density at radius 2 is 1.88 bits per heavy atom. The first-order valence-electron chi connectivity index (χ1n) is 13.3. The van der Waals surface area contributed by atoms with Gasteiger partial charge in [0.15, 0.2) is 5.65 Å². The minimum absolute atomic E-state index is 0.0867.